The van der Waals surface area contributed by atoms with Crippen molar-refractivity contribution in [3.8, 4) is 0 Å². The zero-order valence-corrected chi connectivity index (χ0v) is 16.9. The molecule has 0 unspecified atom stereocenters. The van der Waals surface area contributed by atoms with Gasteiger partial charge in [0, 0.05) is 17.0 Å². The number of hydrogen-bond acceptors (Lipinski definition) is 4. The molecule has 0 saturated heterocycles. The molecule has 28 heavy (non-hydrogen) atoms. The lowest BCUT2D eigenvalue weighted by molar-refractivity contribution is -0.121. The second-order valence-electron chi connectivity index (χ2n) is 6.10. The molecular formula is C19H22ClN3O4S. The van der Waals surface area contributed by atoms with Crippen LogP contribution in [0.2, 0.25) is 5.02 Å². The lowest BCUT2D eigenvalue weighted by Crippen LogP contribution is -2.41. The van der Waals surface area contributed by atoms with E-state index in [0.29, 0.717) is 17.1 Å². The number of carbonyl (C=O) groups excluding carboxylic acids is 2. The van der Waals surface area contributed by atoms with Crippen LogP contribution in [0.3, 0.4) is 0 Å². The molecule has 2 aromatic carbocycles. The van der Waals surface area contributed by atoms with Gasteiger partial charge in [0.25, 0.3) is 15.9 Å². The number of unbranched alkanes of at least 4 members (excludes halogenated alkanes) is 2. The molecule has 0 atom stereocenters. The van der Waals surface area contributed by atoms with Gasteiger partial charge in [-0.3, -0.25) is 25.2 Å². The van der Waals surface area contributed by atoms with Crippen LogP contribution in [0.25, 0.3) is 0 Å². The summed E-state index contributed by atoms with van der Waals surface area (Å²) in [5.41, 5.74) is 5.02. The molecular weight excluding hydrogens is 402 g/mol. The van der Waals surface area contributed by atoms with E-state index < -0.39 is 15.9 Å². The summed E-state index contributed by atoms with van der Waals surface area (Å²) in [4.78, 5) is 23.8. The molecule has 0 aliphatic rings. The van der Waals surface area contributed by atoms with E-state index in [1.165, 1.54) is 30.3 Å². The quantitative estimate of drug-likeness (QED) is 0.446. The van der Waals surface area contributed by atoms with E-state index >= 15 is 0 Å². The number of halogens is 1. The molecule has 2 rings (SSSR count). The maximum Gasteiger partial charge on any atom is 0.269 e. The minimum Gasteiger partial charge on any atom is -0.280 e. The van der Waals surface area contributed by atoms with Gasteiger partial charge >= 0.3 is 0 Å². The fraction of sp³-hybridized carbons (Fsp3) is 0.263. The Morgan fingerprint density at radius 3 is 2.46 bits per heavy atom. The highest BCUT2D eigenvalue weighted by Gasteiger charge is 2.17. The molecule has 0 fully saturated rings. The second kappa shape index (κ2) is 10.1. The van der Waals surface area contributed by atoms with E-state index in [1.807, 2.05) is 6.92 Å². The topological polar surface area (TPSA) is 104 Å². The van der Waals surface area contributed by atoms with E-state index in [2.05, 4.69) is 15.6 Å². The number of anilines is 1. The average molecular weight is 424 g/mol. The van der Waals surface area contributed by atoms with Gasteiger partial charge in [0.15, 0.2) is 0 Å². The van der Waals surface area contributed by atoms with Gasteiger partial charge in [0.2, 0.25) is 5.91 Å². The maximum atomic E-state index is 12.5. The van der Waals surface area contributed by atoms with Crippen LogP contribution in [0.1, 0.15) is 43.0 Å². The van der Waals surface area contributed by atoms with Crippen LogP contribution in [-0.4, -0.2) is 20.2 Å². The van der Waals surface area contributed by atoms with E-state index in [4.69, 9.17) is 11.6 Å². The molecule has 0 bridgehead atoms. The molecule has 2 aromatic rings. The van der Waals surface area contributed by atoms with Gasteiger partial charge in [-0.1, -0.05) is 43.5 Å². The molecule has 9 heteroatoms. The summed E-state index contributed by atoms with van der Waals surface area (Å²) in [5.74, 6) is -0.906. The smallest absolute Gasteiger partial charge is 0.269 e. The first kappa shape index (κ1) is 21.7. The van der Waals surface area contributed by atoms with Crippen molar-refractivity contribution in [3.63, 3.8) is 0 Å². The highest BCUT2D eigenvalue weighted by atomic mass is 35.5. The van der Waals surface area contributed by atoms with Crippen molar-refractivity contribution in [1.82, 2.24) is 10.9 Å². The molecule has 2 amide bonds. The lowest BCUT2D eigenvalue weighted by atomic mass is 10.2. The highest BCUT2D eigenvalue weighted by Crippen LogP contribution is 2.20. The van der Waals surface area contributed by atoms with E-state index in [1.54, 1.807) is 18.2 Å². The minimum atomic E-state index is -3.91. The molecule has 150 valence electrons. The van der Waals surface area contributed by atoms with Crippen molar-refractivity contribution >= 4 is 39.1 Å². The van der Waals surface area contributed by atoms with Crippen LogP contribution in [0, 0.1) is 0 Å². The van der Waals surface area contributed by atoms with Gasteiger partial charge in [0.05, 0.1) is 10.6 Å². The third-order valence-corrected chi connectivity index (χ3v) is 5.42. The maximum absolute atomic E-state index is 12.5. The van der Waals surface area contributed by atoms with E-state index in [9.17, 15) is 18.0 Å². The Hall–Kier alpha value is -2.58. The zero-order chi connectivity index (χ0) is 20.6. The molecule has 7 nitrogen and oxygen atoms in total. The van der Waals surface area contributed by atoms with Crippen LogP contribution in [-0.2, 0) is 14.8 Å². The van der Waals surface area contributed by atoms with Crippen molar-refractivity contribution in [2.45, 2.75) is 37.5 Å². The summed E-state index contributed by atoms with van der Waals surface area (Å²) in [6.45, 7) is 2.03. The molecule has 3 N–H and O–H groups in total. The Bertz CT molecular complexity index is 948. The Labute approximate surface area is 169 Å². The third kappa shape index (κ3) is 6.54. The third-order valence-electron chi connectivity index (χ3n) is 3.81. The zero-order valence-electron chi connectivity index (χ0n) is 15.4. The molecule has 0 radical (unpaired) electrons. The van der Waals surface area contributed by atoms with Crippen LogP contribution in [0.4, 0.5) is 5.69 Å². The number of rotatable bonds is 8. The minimum absolute atomic E-state index is 0.0885. The van der Waals surface area contributed by atoms with Crippen LogP contribution < -0.4 is 15.6 Å². The van der Waals surface area contributed by atoms with Gasteiger partial charge in [0.1, 0.15) is 0 Å². The van der Waals surface area contributed by atoms with Gasteiger partial charge in [-0.2, -0.15) is 0 Å². The van der Waals surface area contributed by atoms with Crippen molar-refractivity contribution in [3.05, 3.63) is 59.1 Å². The number of amides is 2. The summed E-state index contributed by atoms with van der Waals surface area (Å²) in [7, 11) is -3.91. The Kier molecular flexibility index (Phi) is 7.83. The molecule has 0 aliphatic heterocycles. The first-order chi connectivity index (χ1) is 13.3. The number of carbonyl (C=O) groups is 2. The Morgan fingerprint density at radius 2 is 1.75 bits per heavy atom. The predicted octanol–water partition coefficient (Wildman–Crippen LogP) is 3.48. The highest BCUT2D eigenvalue weighted by molar-refractivity contribution is 7.92. The summed E-state index contributed by atoms with van der Waals surface area (Å²) in [6.07, 6.45) is 2.97. The van der Waals surface area contributed by atoms with E-state index in [-0.39, 0.29) is 16.4 Å². The van der Waals surface area contributed by atoms with Crippen molar-refractivity contribution in [2.24, 2.45) is 0 Å². The SMILES string of the molecule is CCCCCC(=O)NNC(=O)c1cccc(S(=O)(=O)Nc2cccc(Cl)c2)c1. The normalized spacial score (nSPS) is 10.9. The lowest BCUT2D eigenvalue weighted by Gasteiger charge is -2.10. The predicted molar refractivity (Wildman–Crippen MR) is 108 cm³/mol. The largest absolute Gasteiger partial charge is 0.280 e. The Morgan fingerprint density at radius 1 is 1.00 bits per heavy atom. The van der Waals surface area contributed by atoms with Gasteiger partial charge < -0.3 is 0 Å². The van der Waals surface area contributed by atoms with Crippen LogP contribution in [0.15, 0.2) is 53.4 Å². The second-order valence-corrected chi connectivity index (χ2v) is 8.22. The van der Waals surface area contributed by atoms with Gasteiger partial charge in [-0.15, -0.1) is 0 Å². The Balaban J connectivity index is 2.04. The first-order valence-electron chi connectivity index (χ1n) is 8.79. The number of sulfonamides is 1. The summed E-state index contributed by atoms with van der Waals surface area (Å²) in [6, 6.07) is 11.8. The molecule has 0 aromatic heterocycles. The summed E-state index contributed by atoms with van der Waals surface area (Å²) in [5, 5.41) is 0.392. The first-order valence-corrected chi connectivity index (χ1v) is 10.7. The fourth-order valence-corrected chi connectivity index (χ4v) is 3.65. The number of nitrogens with one attached hydrogen (secondary N) is 3. The van der Waals surface area contributed by atoms with Crippen molar-refractivity contribution in [1.29, 1.82) is 0 Å². The molecule has 0 heterocycles. The summed E-state index contributed by atoms with van der Waals surface area (Å²) >= 11 is 5.86. The van der Waals surface area contributed by atoms with Crippen LogP contribution in [0.5, 0.6) is 0 Å². The van der Waals surface area contributed by atoms with Crippen molar-refractivity contribution < 1.29 is 18.0 Å². The van der Waals surface area contributed by atoms with Gasteiger partial charge in [-0.05, 0) is 42.8 Å². The van der Waals surface area contributed by atoms with Crippen LogP contribution >= 0.6 is 11.6 Å². The van der Waals surface area contributed by atoms with Crippen molar-refractivity contribution in [2.75, 3.05) is 4.72 Å². The molecule has 0 saturated carbocycles. The standard InChI is InChI=1S/C19H22ClN3O4S/c1-2-3-4-11-18(24)21-22-19(25)14-7-5-10-17(12-14)28(26,27)23-16-9-6-8-15(20)13-16/h5-10,12-13,23H,2-4,11H2,1H3,(H,21,24)(H,22,25). The number of hydrogen-bond donors (Lipinski definition) is 3. The summed E-state index contributed by atoms with van der Waals surface area (Å²) < 4.78 is 27.5. The van der Waals surface area contributed by atoms with E-state index in [0.717, 1.165) is 19.3 Å². The molecule has 0 aliphatic carbocycles. The van der Waals surface area contributed by atoms with Gasteiger partial charge in [-0.25, -0.2) is 8.42 Å². The monoisotopic (exact) mass is 423 g/mol. The number of hydrazine groups is 1. The fourth-order valence-electron chi connectivity index (χ4n) is 2.37. The number of benzene rings is 2. The molecule has 0 spiro atoms. The average Bonchev–Trinajstić information content (AvgIpc) is 2.66.